The second kappa shape index (κ2) is 4.64. The summed E-state index contributed by atoms with van der Waals surface area (Å²) < 4.78 is 23.8. The second-order valence-corrected chi connectivity index (χ2v) is 8.06. The van der Waals surface area contributed by atoms with E-state index in [0.29, 0.717) is 16.6 Å². The highest BCUT2D eigenvalue weighted by atomic mass is 35.5. The van der Waals surface area contributed by atoms with E-state index in [4.69, 9.17) is 11.6 Å². The Morgan fingerprint density at radius 3 is 2.74 bits per heavy atom. The van der Waals surface area contributed by atoms with Crippen LogP contribution in [0.2, 0.25) is 5.02 Å². The molecule has 2 aromatic rings. The monoisotopic (exact) mass is 302 g/mol. The molecule has 0 saturated carbocycles. The zero-order chi connectivity index (χ0) is 14.3. The van der Waals surface area contributed by atoms with E-state index in [9.17, 15) is 8.42 Å². The Hall–Kier alpha value is -1.34. The molecule has 0 bridgehead atoms. The molecule has 19 heavy (non-hydrogen) atoms. The third-order valence-electron chi connectivity index (χ3n) is 2.97. The largest absolute Gasteiger partial charge is 0.351 e. The van der Waals surface area contributed by atoms with Gasteiger partial charge in [-0.05, 0) is 26.0 Å². The fourth-order valence-corrected chi connectivity index (χ4v) is 1.85. The summed E-state index contributed by atoms with van der Waals surface area (Å²) >= 11 is 5.85. The van der Waals surface area contributed by atoms with Crippen LogP contribution in [0, 0.1) is 0 Å². The summed E-state index contributed by atoms with van der Waals surface area (Å²) in [6, 6.07) is 3.46. The number of hydrogen-bond acceptors (Lipinski definition) is 5. The van der Waals surface area contributed by atoms with Crippen molar-refractivity contribution in [3.8, 4) is 0 Å². The first kappa shape index (κ1) is 14.1. The number of fused-ring (bicyclic) bond motifs is 1. The Balaban J connectivity index is 2.19. The summed E-state index contributed by atoms with van der Waals surface area (Å²) in [5.74, 6) is 0.374. The molecule has 0 radical (unpaired) electrons. The third-order valence-corrected chi connectivity index (χ3v) is 5.35. The number of aromatic nitrogens is 3. The molecule has 0 aromatic carbocycles. The Kier molecular flexibility index (Phi) is 3.44. The molecule has 0 aliphatic rings. The summed E-state index contributed by atoms with van der Waals surface area (Å²) in [5.41, 5.74) is 0.643. The first-order valence-electron chi connectivity index (χ1n) is 5.64. The van der Waals surface area contributed by atoms with Gasteiger partial charge in [-0.2, -0.15) is 4.98 Å². The molecule has 1 N–H and O–H groups in total. The summed E-state index contributed by atoms with van der Waals surface area (Å²) in [5, 5.41) is 7.66. The molecular formula is C11H15ClN4O2S. The van der Waals surface area contributed by atoms with Gasteiger partial charge in [-0.1, -0.05) is 11.6 Å². The van der Waals surface area contributed by atoms with Gasteiger partial charge in [0.2, 0.25) is 5.95 Å². The van der Waals surface area contributed by atoms with Gasteiger partial charge in [-0.15, -0.1) is 5.10 Å². The number of anilines is 1. The molecule has 0 aliphatic carbocycles. The SMILES string of the molecule is CC(C)(CNc1nc2ccc(Cl)cn2n1)S(C)(=O)=O. The van der Waals surface area contributed by atoms with Crippen LogP contribution < -0.4 is 5.32 Å². The molecular weight excluding hydrogens is 288 g/mol. The molecule has 0 amide bonds. The lowest BCUT2D eigenvalue weighted by molar-refractivity contribution is 0.559. The fourth-order valence-electron chi connectivity index (χ4n) is 1.36. The zero-order valence-corrected chi connectivity index (χ0v) is 12.5. The minimum Gasteiger partial charge on any atom is -0.351 e. The minimum absolute atomic E-state index is 0.233. The molecule has 0 aliphatic heterocycles. The summed E-state index contributed by atoms with van der Waals surface area (Å²) in [7, 11) is -3.16. The van der Waals surface area contributed by atoms with E-state index >= 15 is 0 Å². The van der Waals surface area contributed by atoms with Gasteiger partial charge in [-0.3, -0.25) is 0 Å². The van der Waals surface area contributed by atoms with Crippen LogP contribution in [-0.2, 0) is 9.84 Å². The van der Waals surface area contributed by atoms with E-state index in [0.717, 1.165) is 0 Å². The Morgan fingerprint density at radius 2 is 2.11 bits per heavy atom. The number of nitrogens with one attached hydrogen (secondary N) is 1. The number of nitrogens with zero attached hydrogens (tertiary/aromatic N) is 3. The number of pyridine rings is 1. The van der Waals surface area contributed by atoms with Crippen molar-refractivity contribution in [2.75, 3.05) is 18.1 Å². The van der Waals surface area contributed by atoms with Crippen molar-refractivity contribution in [3.05, 3.63) is 23.4 Å². The van der Waals surface area contributed by atoms with Gasteiger partial charge in [0, 0.05) is 19.0 Å². The van der Waals surface area contributed by atoms with Crippen molar-refractivity contribution >= 4 is 33.0 Å². The van der Waals surface area contributed by atoms with Crippen molar-refractivity contribution < 1.29 is 8.42 Å². The number of rotatable bonds is 4. The van der Waals surface area contributed by atoms with Crippen LogP contribution in [-0.4, -0.2) is 40.6 Å². The van der Waals surface area contributed by atoms with Crippen LogP contribution in [0.4, 0.5) is 5.95 Å². The number of hydrogen-bond donors (Lipinski definition) is 1. The van der Waals surface area contributed by atoms with Crippen LogP contribution in [0.25, 0.3) is 5.65 Å². The van der Waals surface area contributed by atoms with E-state index in [1.807, 2.05) is 0 Å². The van der Waals surface area contributed by atoms with Gasteiger partial charge in [0.15, 0.2) is 15.5 Å². The van der Waals surface area contributed by atoms with Gasteiger partial charge < -0.3 is 5.32 Å². The van der Waals surface area contributed by atoms with Crippen LogP contribution in [0.15, 0.2) is 18.3 Å². The summed E-state index contributed by atoms with van der Waals surface area (Å²) in [6.45, 7) is 3.54. The molecule has 0 atom stereocenters. The van der Waals surface area contributed by atoms with Crippen molar-refractivity contribution in [3.63, 3.8) is 0 Å². The van der Waals surface area contributed by atoms with Gasteiger partial charge in [0.1, 0.15) is 0 Å². The summed E-state index contributed by atoms with van der Waals surface area (Å²) in [4.78, 5) is 4.23. The van der Waals surface area contributed by atoms with Crippen molar-refractivity contribution in [2.24, 2.45) is 0 Å². The molecule has 0 spiro atoms. The normalized spacial score (nSPS) is 12.8. The average Bonchev–Trinajstić information content (AvgIpc) is 2.67. The fraction of sp³-hybridized carbons (Fsp3) is 0.455. The molecule has 8 heteroatoms. The van der Waals surface area contributed by atoms with E-state index in [2.05, 4.69) is 15.4 Å². The minimum atomic E-state index is -3.16. The predicted octanol–water partition coefficient (Wildman–Crippen LogP) is 1.62. The highest BCUT2D eigenvalue weighted by Crippen LogP contribution is 2.16. The van der Waals surface area contributed by atoms with Crippen molar-refractivity contribution in [1.82, 2.24) is 14.6 Å². The Bertz CT molecular complexity index is 709. The molecule has 104 valence electrons. The zero-order valence-electron chi connectivity index (χ0n) is 10.9. The molecule has 0 saturated heterocycles. The lowest BCUT2D eigenvalue weighted by Crippen LogP contribution is -2.38. The van der Waals surface area contributed by atoms with E-state index in [1.54, 1.807) is 32.2 Å². The molecule has 6 nitrogen and oxygen atoms in total. The second-order valence-electron chi connectivity index (χ2n) is 4.97. The van der Waals surface area contributed by atoms with Crippen LogP contribution in [0.5, 0.6) is 0 Å². The van der Waals surface area contributed by atoms with Gasteiger partial charge in [0.25, 0.3) is 0 Å². The lowest BCUT2D eigenvalue weighted by Gasteiger charge is -2.22. The van der Waals surface area contributed by atoms with Gasteiger partial charge >= 0.3 is 0 Å². The number of halogens is 1. The van der Waals surface area contributed by atoms with E-state index in [1.165, 1.54) is 10.8 Å². The summed E-state index contributed by atoms with van der Waals surface area (Å²) in [6.07, 6.45) is 2.85. The maximum absolute atomic E-state index is 11.6. The lowest BCUT2D eigenvalue weighted by atomic mass is 10.2. The average molecular weight is 303 g/mol. The standard InChI is InChI=1S/C11H15ClN4O2S/c1-11(2,19(3,17)18)7-13-10-14-9-5-4-8(12)6-16(9)15-10/h4-6H,7H2,1-3H3,(H,13,15). The quantitative estimate of drug-likeness (QED) is 0.928. The van der Waals surface area contributed by atoms with Crippen molar-refractivity contribution in [1.29, 1.82) is 0 Å². The molecule has 0 fully saturated rings. The Labute approximate surface area is 116 Å². The first-order valence-corrected chi connectivity index (χ1v) is 7.91. The highest BCUT2D eigenvalue weighted by Gasteiger charge is 2.30. The maximum atomic E-state index is 11.6. The topological polar surface area (TPSA) is 76.4 Å². The van der Waals surface area contributed by atoms with Crippen LogP contribution in [0.3, 0.4) is 0 Å². The predicted molar refractivity (Wildman–Crippen MR) is 75.4 cm³/mol. The van der Waals surface area contributed by atoms with E-state index < -0.39 is 14.6 Å². The highest BCUT2D eigenvalue weighted by molar-refractivity contribution is 7.92. The van der Waals surface area contributed by atoms with Crippen LogP contribution in [0.1, 0.15) is 13.8 Å². The third kappa shape index (κ3) is 2.98. The first-order chi connectivity index (χ1) is 8.69. The maximum Gasteiger partial charge on any atom is 0.243 e. The smallest absolute Gasteiger partial charge is 0.243 e. The molecule has 2 aromatic heterocycles. The van der Waals surface area contributed by atoms with Crippen LogP contribution >= 0.6 is 11.6 Å². The van der Waals surface area contributed by atoms with Crippen molar-refractivity contribution in [2.45, 2.75) is 18.6 Å². The van der Waals surface area contributed by atoms with Gasteiger partial charge in [0.05, 0.1) is 9.77 Å². The number of sulfone groups is 1. The molecule has 0 unspecified atom stereocenters. The molecule has 2 heterocycles. The Morgan fingerprint density at radius 1 is 1.42 bits per heavy atom. The van der Waals surface area contributed by atoms with E-state index in [-0.39, 0.29) is 6.54 Å². The van der Waals surface area contributed by atoms with Gasteiger partial charge in [-0.25, -0.2) is 12.9 Å². The molecule has 2 rings (SSSR count).